The summed E-state index contributed by atoms with van der Waals surface area (Å²) in [6.45, 7) is 5.97. The molecule has 1 aliphatic heterocycles. The van der Waals surface area contributed by atoms with Crippen LogP contribution >= 0.6 is 11.3 Å². The van der Waals surface area contributed by atoms with Crippen LogP contribution in [0.1, 0.15) is 46.0 Å². The Hall–Kier alpha value is -3.12. The largest absolute Gasteiger partial charge is 0.491 e. The highest BCUT2D eigenvalue weighted by Crippen LogP contribution is 2.35. The fourth-order valence-electron chi connectivity index (χ4n) is 5.01. The molecule has 5 nitrogen and oxygen atoms in total. The average Bonchev–Trinajstić information content (AvgIpc) is 3.55. The predicted molar refractivity (Wildman–Crippen MR) is 143 cm³/mol. The first-order valence-electron chi connectivity index (χ1n) is 12.9. The second-order valence-electron chi connectivity index (χ2n) is 10.1. The molecule has 0 spiro atoms. The molecule has 188 valence electrons. The lowest BCUT2D eigenvalue weighted by Crippen LogP contribution is -2.48. The van der Waals surface area contributed by atoms with Gasteiger partial charge in [0.15, 0.2) is 0 Å². The number of hydrogen-bond acceptors (Lipinski definition) is 4. The summed E-state index contributed by atoms with van der Waals surface area (Å²) in [4.78, 5) is 32.0. The second-order valence-corrected chi connectivity index (χ2v) is 11.1. The molecule has 2 aromatic carbocycles. The smallest absolute Gasteiger partial charge is 0.242 e. The summed E-state index contributed by atoms with van der Waals surface area (Å²) in [5.41, 5.74) is 4.45. The lowest BCUT2D eigenvalue weighted by Gasteiger charge is -2.37. The van der Waals surface area contributed by atoms with Gasteiger partial charge >= 0.3 is 0 Å². The molecule has 5 rings (SSSR count). The normalized spacial score (nSPS) is 16.9. The van der Waals surface area contributed by atoms with Gasteiger partial charge in [-0.3, -0.25) is 9.59 Å². The highest BCUT2D eigenvalue weighted by atomic mass is 32.1. The first kappa shape index (κ1) is 24.6. The van der Waals surface area contributed by atoms with E-state index in [0.717, 1.165) is 36.1 Å². The summed E-state index contributed by atoms with van der Waals surface area (Å²) in [6.07, 6.45) is 3.45. The Balaban J connectivity index is 1.31. The molecule has 6 heteroatoms. The molecule has 1 aromatic heterocycles. The Morgan fingerprint density at radius 2 is 1.89 bits per heavy atom. The van der Waals surface area contributed by atoms with Crippen LogP contribution in [-0.4, -0.2) is 47.9 Å². The van der Waals surface area contributed by atoms with Gasteiger partial charge in [-0.1, -0.05) is 48.0 Å². The average molecular weight is 503 g/mol. The lowest BCUT2D eigenvalue weighted by atomic mass is 10.00. The van der Waals surface area contributed by atoms with Crippen LogP contribution in [0.2, 0.25) is 0 Å². The molecule has 2 heterocycles. The van der Waals surface area contributed by atoms with Gasteiger partial charge in [-0.25, -0.2) is 0 Å². The number of nitrogens with zero attached hydrogens (tertiary/aromatic N) is 2. The molecule has 1 unspecified atom stereocenters. The van der Waals surface area contributed by atoms with Gasteiger partial charge in [-0.15, -0.1) is 11.3 Å². The molecular weight excluding hydrogens is 468 g/mol. The zero-order valence-electron chi connectivity index (χ0n) is 21.1. The maximum atomic E-state index is 13.7. The monoisotopic (exact) mass is 502 g/mol. The van der Waals surface area contributed by atoms with Crippen molar-refractivity contribution in [2.45, 2.75) is 45.6 Å². The number of benzene rings is 2. The number of aryl methyl sites for hydroxylation is 2. The highest BCUT2D eigenvalue weighted by Gasteiger charge is 2.35. The van der Waals surface area contributed by atoms with Crippen molar-refractivity contribution in [2.24, 2.45) is 5.92 Å². The van der Waals surface area contributed by atoms with E-state index >= 15 is 0 Å². The van der Waals surface area contributed by atoms with Crippen LogP contribution in [-0.2, 0) is 22.4 Å². The minimum Gasteiger partial charge on any atom is -0.491 e. The van der Waals surface area contributed by atoms with E-state index in [-0.39, 0.29) is 24.4 Å². The number of rotatable bonds is 9. The van der Waals surface area contributed by atoms with Gasteiger partial charge in [0.25, 0.3) is 0 Å². The van der Waals surface area contributed by atoms with Crippen LogP contribution in [0.25, 0.3) is 0 Å². The number of fused-ring (bicyclic) bond motifs is 1. The minimum atomic E-state index is -0.153. The summed E-state index contributed by atoms with van der Waals surface area (Å²) in [5, 5.41) is 2.10. The van der Waals surface area contributed by atoms with Crippen molar-refractivity contribution in [1.29, 1.82) is 0 Å². The van der Waals surface area contributed by atoms with E-state index in [2.05, 4.69) is 37.4 Å². The van der Waals surface area contributed by atoms with Crippen molar-refractivity contribution in [3.63, 3.8) is 0 Å². The van der Waals surface area contributed by atoms with Crippen LogP contribution in [0, 0.1) is 19.8 Å². The van der Waals surface area contributed by atoms with Gasteiger partial charge in [-0.2, -0.15) is 0 Å². The molecule has 0 saturated heterocycles. The van der Waals surface area contributed by atoms with Crippen molar-refractivity contribution >= 4 is 23.2 Å². The number of carbonyl (C=O) groups is 2. The van der Waals surface area contributed by atoms with Gasteiger partial charge in [0.05, 0.1) is 19.0 Å². The van der Waals surface area contributed by atoms with Crippen molar-refractivity contribution in [2.75, 3.05) is 26.2 Å². The van der Waals surface area contributed by atoms with Gasteiger partial charge in [-0.05, 0) is 73.2 Å². The third-order valence-electron chi connectivity index (χ3n) is 7.19. The van der Waals surface area contributed by atoms with Crippen molar-refractivity contribution in [1.82, 2.24) is 9.80 Å². The number of carbonyl (C=O) groups excluding carboxylic acids is 2. The number of thiophene rings is 1. The Kier molecular flexibility index (Phi) is 7.42. The number of amides is 2. The SMILES string of the molecule is Cc1ccc(OCC2c3ccsc3CCN2C(=O)CN(CC2CC2)C(=O)Cc2ccccc2)c(C)c1. The minimum absolute atomic E-state index is 0.00291. The molecule has 3 aromatic rings. The Bertz CT molecular complexity index is 1220. The highest BCUT2D eigenvalue weighted by molar-refractivity contribution is 7.10. The molecule has 0 bridgehead atoms. The number of ether oxygens (including phenoxy) is 1. The Labute approximate surface area is 217 Å². The maximum absolute atomic E-state index is 13.7. The van der Waals surface area contributed by atoms with E-state index in [4.69, 9.17) is 4.74 Å². The van der Waals surface area contributed by atoms with Crippen LogP contribution in [0.5, 0.6) is 5.75 Å². The molecule has 1 fully saturated rings. The van der Waals surface area contributed by atoms with Gasteiger partial charge in [0.1, 0.15) is 12.4 Å². The zero-order chi connectivity index (χ0) is 25.1. The van der Waals surface area contributed by atoms with Crippen LogP contribution in [0.15, 0.2) is 60.0 Å². The summed E-state index contributed by atoms with van der Waals surface area (Å²) in [7, 11) is 0. The summed E-state index contributed by atoms with van der Waals surface area (Å²) in [5.74, 6) is 1.40. The van der Waals surface area contributed by atoms with Crippen molar-refractivity contribution in [3.05, 3.63) is 87.1 Å². The van der Waals surface area contributed by atoms with Crippen LogP contribution in [0.3, 0.4) is 0 Å². The fraction of sp³-hybridized carbons (Fsp3) is 0.400. The first-order chi connectivity index (χ1) is 17.5. The van der Waals surface area contributed by atoms with Crippen LogP contribution in [0.4, 0.5) is 0 Å². The predicted octanol–water partition coefficient (Wildman–Crippen LogP) is 5.35. The molecule has 2 aliphatic rings. The summed E-state index contributed by atoms with van der Waals surface area (Å²) in [6, 6.07) is 17.9. The lowest BCUT2D eigenvalue weighted by molar-refractivity contribution is -0.142. The van der Waals surface area contributed by atoms with Crippen molar-refractivity contribution < 1.29 is 14.3 Å². The number of hydrogen-bond donors (Lipinski definition) is 0. The third-order valence-corrected chi connectivity index (χ3v) is 8.19. The molecule has 0 N–H and O–H groups in total. The van der Waals surface area contributed by atoms with E-state index < -0.39 is 0 Å². The maximum Gasteiger partial charge on any atom is 0.242 e. The van der Waals surface area contributed by atoms with Crippen molar-refractivity contribution in [3.8, 4) is 5.75 Å². The van der Waals surface area contributed by atoms with E-state index in [1.54, 1.807) is 16.2 Å². The third kappa shape index (κ3) is 5.81. The van der Waals surface area contributed by atoms with Crippen LogP contribution < -0.4 is 4.74 Å². The Morgan fingerprint density at radius 3 is 2.64 bits per heavy atom. The van der Waals surface area contributed by atoms with Gasteiger partial charge in [0, 0.05) is 18.0 Å². The van der Waals surface area contributed by atoms with E-state index in [0.29, 0.717) is 32.0 Å². The van der Waals surface area contributed by atoms with E-state index in [1.807, 2.05) is 41.3 Å². The zero-order valence-corrected chi connectivity index (χ0v) is 21.9. The molecule has 1 aliphatic carbocycles. The molecule has 2 amide bonds. The second kappa shape index (κ2) is 10.9. The molecule has 1 saturated carbocycles. The Morgan fingerprint density at radius 1 is 1.08 bits per heavy atom. The topological polar surface area (TPSA) is 49.9 Å². The quantitative estimate of drug-likeness (QED) is 0.396. The summed E-state index contributed by atoms with van der Waals surface area (Å²) >= 11 is 1.75. The van der Waals surface area contributed by atoms with Gasteiger partial charge < -0.3 is 14.5 Å². The van der Waals surface area contributed by atoms with E-state index in [1.165, 1.54) is 16.0 Å². The standard InChI is InChI=1S/C30H34N2O3S/c1-21-8-11-27(22(2)16-21)35-20-26-25-13-15-36-28(25)12-14-32(26)30(34)19-31(18-24-9-10-24)29(33)17-23-6-4-3-5-7-23/h3-8,11,13,15-16,24,26H,9-10,12,14,17-20H2,1-2H3. The van der Waals surface area contributed by atoms with E-state index in [9.17, 15) is 9.59 Å². The molecule has 1 atom stereocenters. The fourth-order valence-corrected chi connectivity index (χ4v) is 5.94. The molecule has 36 heavy (non-hydrogen) atoms. The summed E-state index contributed by atoms with van der Waals surface area (Å²) < 4.78 is 6.27. The molecule has 0 radical (unpaired) electrons. The first-order valence-corrected chi connectivity index (χ1v) is 13.7. The van der Waals surface area contributed by atoms with Gasteiger partial charge in [0.2, 0.25) is 11.8 Å². The molecular formula is C30H34N2O3S.